The minimum absolute atomic E-state index is 0.273. The quantitative estimate of drug-likeness (QED) is 0.657. The molecule has 2 aromatic carbocycles. The summed E-state index contributed by atoms with van der Waals surface area (Å²) in [5.74, 6) is 0.724. The van der Waals surface area contributed by atoms with Gasteiger partial charge in [-0.15, -0.1) is 0 Å². The number of hydrogen-bond donors (Lipinski definition) is 2. The summed E-state index contributed by atoms with van der Waals surface area (Å²) in [4.78, 5) is 0.315. The van der Waals surface area contributed by atoms with Crippen LogP contribution >= 0.6 is 0 Å². The van der Waals surface area contributed by atoms with Crippen molar-refractivity contribution in [2.24, 2.45) is 0 Å². The van der Waals surface area contributed by atoms with Gasteiger partial charge in [0.05, 0.1) is 17.5 Å². The highest BCUT2D eigenvalue weighted by molar-refractivity contribution is 7.83. The number of hydrogen-bond acceptors (Lipinski definition) is 4. The number of nitrogens with one attached hydrogen (secondary N) is 1. The van der Waals surface area contributed by atoms with Crippen molar-refractivity contribution in [3.63, 3.8) is 0 Å². The number of nitrogens with zero attached hydrogens (tertiary/aromatic N) is 2. The third-order valence-electron chi connectivity index (χ3n) is 3.59. The first kappa shape index (κ1) is 17.3. The molecule has 1 aromatic heterocycles. The number of nitrogens with two attached hydrogens (primary N) is 1. The van der Waals surface area contributed by atoms with E-state index in [1.165, 1.54) is 18.3 Å². The first-order valence-corrected chi connectivity index (χ1v) is 8.47. The van der Waals surface area contributed by atoms with E-state index in [-0.39, 0.29) is 5.52 Å². The summed E-state index contributed by atoms with van der Waals surface area (Å²) >= 11 is 0. The molecule has 0 spiro atoms. The SMILES string of the molecule is COc1ccc(CNS(=O)c2cc(N)cc3nn(C(F)F)cc23)cc1. The highest BCUT2D eigenvalue weighted by atomic mass is 32.2. The first-order valence-electron chi connectivity index (χ1n) is 7.32. The van der Waals surface area contributed by atoms with E-state index in [9.17, 15) is 13.0 Å². The van der Waals surface area contributed by atoms with E-state index < -0.39 is 17.5 Å². The number of fused-ring (bicyclic) bond motifs is 1. The number of ether oxygens (including phenoxy) is 1. The van der Waals surface area contributed by atoms with Crippen LogP contribution in [-0.2, 0) is 17.5 Å². The molecule has 132 valence electrons. The molecule has 1 unspecified atom stereocenters. The molecule has 0 fully saturated rings. The molecule has 3 aromatic rings. The Kier molecular flexibility index (Phi) is 4.95. The number of alkyl halides is 2. The Morgan fingerprint density at radius 2 is 2.04 bits per heavy atom. The minimum Gasteiger partial charge on any atom is -0.497 e. The molecule has 0 bridgehead atoms. The van der Waals surface area contributed by atoms with Gasteiger partial charge >= 0.3 is 6.55 Å². The van der Waals surface area contributed by atoms with Gasteiger partial charge in [0, 0.05) is 23.8 Å². The van der Waals surface area contributed by atoms with Crippen LogP contribution < -0.4 is 15.2 Å². The zero-order chi connectivity index (χ0) is 18.0. The topological polar surface area (TPSA) is 82.2 Å². The van der Waals surface area contributed by atoms with Crippen molar-refractivity contribution in [1.82, 2.24) is 14.5 Å². The van der Waals surface area contributed by atoms with Crippen LogP contribution in [0.3, 0.4) is 0 Å². The van der Waals surface area contributed by atoms with E-state index in [2.05, 4.69) is 9.82 Å². The van der Waals surface area contributed by atoms with E-state index in [1.807, 2.05) is 12.1 Å². The fraction of sp³-hybridized carbons (Fsp3) is 0.188. The fourth-order valence-corrected chi connectivity index (χ4v) is 3.41. The third-order valence-corrected chi connectivity index (χ3v) is 4.74. The van der Waals surface area contributed by atoms with Crippen molar-refractivity contribution >= 4 is 27.6 Å². The summed E-state index contributed by atoms with van der Waals surface area (Å²) in [5, 5.41) is 4.13. The average molecular weight is 366 g/mol. The first-order chi connectivity index (χ1) is 12.0. The normalized spacial score (nSPS) is 12.6. The summed E-state index contributed by atoms with van der Waals surface area (Å²) in [5.41, 5.74) is 7.25. The van der Waals surface area contributed by atoms with E-state index in [0.717, 1.165) is 11.3 Å². The molecule has 3 N–H and O–H groups in total. The number of methoxy groups -OCH3 is 1. The number of benzene rings is 2. The zero-order valence-electron chi connectivity index (χ0n) is 13.3. The van der Waals surface area contributed by atoms with Crippen molar-refractivity contribution in [2.45, 2.75) is 18.0 Å². The Morgan fingerprint density at radius 1 is 1.32 bits per heavy atom. The second-order valence-corrected chi connectivity index (χ2v) is 6.54. The van der Waals surface area contributed by atoms with Gasteiger partial charge in [0.15, 0.2) is 0 Å². The molecule has 6 nitrogen and oxygen atoms in total. The van der Waals surface area contributed by atoms with Gasteiger partial charge in [0.25, 0.3) is 0 Å². The number of halogens is 2. The molecular formula is C16H16F2N4O2S. The second kappa shape index (κ2) is 7.16. The summed E-state index contributed by atoms with van der Waals surface area (Å²) in [7, 11) is -0.0589. The van der Waals surface area contributed by atoms with Gasteiger partial charge in [-0.05, 0) is 29.8 Å². The Bertz CT molecular complexity index is 912. The molecule has 1 atom stereocenters. The van der Waals surface area contributed by atoms with E-state index in [1.54, 1.807) is 19.2 Å². The highest BCUT2D eigenvalue weighted by Crippen LogP contribution is 2.26. The summed E-state index contributed by atoms with van der Waals surface area (Å²) < 4.78 is 46.7. The van der Waals surface area contributed by atoms with Gasteiger partial charge in [-0.1, -0.05) is 12.1 Å². The highest BCUT2D eigenvalue weighted by Gasteiger charge is 2.16. The molecule has 0 saturated heterocycles. The van der Waals surface area contributed by atoms with E-state index in [0.29, 0.717) is 27.2 Å². The van der Waals surface area contributed by atoms with Crippen LogP contribution in [-0.4, -0.2) is 21.1 Å². The second-order valence-electron chi connectivity index (χ2n) is 5.28. The standard InChI is InChI=1S/C16H16F2N4O2S/c1-24-12-4-2-10(3-5-12)8-20-25(23)15-7-11(19)6-14-13(15)9-22(21-14)16(17)18/h2-7,9,16,20H,8,19H2,1H3. The van der Waals surface area contributed by atoms with Gasteiger partial charge in [-0.3, -0.25) is 0 Å². The largest absolute Gasteiger partial charge is 0.497 e. The predicted molar refractivity (Wildman–Crippen MR) is 91.6 cm³/mol. The van der Waals surface area contributed by atoms with Gasteiger partial charge < -0.3 is 10.5 Å². The molecule has 0 aliphatic rings. The molecule has 0 radical (unpaired) electrons. The summed E-state index contributed by atoms with van der Waals surface area (Å²) in [6, 6.07) is 10.2. The predicted octanol–water partition coefficient (Wildman–Crippen LogP) is 2.83. The molecule has 0 aliphatic carbocycles. The van der Waals surface area contributed by atoms with Crippen LogP contribution in [0.4, 0.5) is 14.5 Å². The maximum absolute atomic E-state index is 12.8. The molecule has 3 rings (SSSR count). The fourth-order valence-electron chi connectivity index (χ4n) is 2.35. The lowest BCUT2D eigenvalue weighted by molar-refractivity contribution is 0.0573. The van der Waals surface area contributed by atoms with Gasteiger partial charge in [0.2, 0.25) is 0 Å². The van der Waals surface area contributed by atoms with Gasteiger partial charge in [-0.25, -0.2) is 13.6 Å². The maximum atomic E-state index is 12.8. The average Bonchev–Trinajstić information content (AvgIpc) is 3.03. The Labute approximate surface area is 145 Å². The van der Waals surface area contributed by atoms with Crippen molar-refractivity contribution in [3.8, 4) is 5.75 Å². The van der Waals surface area contributed by atoms with Gasteiger partial charge in [0.1, 0.15) is 16.7 Å². The van der Waals surface area contributed by atoms with E-state index >= 15 is 0 Å². The molecular weight excluding hydrogens is 350 g/mol. The monoisotopic (exact) mass is 366 g/mol. The molecule has 0 amide bonds. The lowest BCUT2D eigenvalue weighted by atomic mass is 10.2. The lowest BCUT2D eigenvalue weighted by Gasteiger charge is -2.07. The summed E-state index contributed by atoms with van der Waals surface area (Å²) in [6.07, 6.45) is 1.17. The number of nitrogen functional groups attached to an aromatic ring is 1. The van der Waals surface area contributed by atoms with Gasteiger partial charge in [-0.2, -0.15) is 13.9 Å². The Hall–Kier alpha value is -2.52. The van der Waals surface area contributed by atoms with Crippen molar-refractivity contribution < 1.29 is 17.7 Å². The number of anilines is 1. The van der Waals surface area contributed by atoms with Crippen LogP contribution in [0.2, 0.25) is 0 Å². The minimum atomic E-state index is -2.78. The smallest absolute Gasteiger partial charge is 0.333 e. The molecule has 25 heavy (non-hydrogen) atoms. The van der Waals surface area contributed by atoms with Crippen LogP contribution in [0.1, 0.15) is 12.1 Å². The van der Waals surface area contributed by atoms with Crippen LogP contribution in [0.25, 0.3) is 10.9 Å². The van der Waals surface area contributed by atoms with Crippen LogP contribution in [0.15, 0.2) is 47.5 Å². The molecule has 0 saturated carbocycles. The third kappa shape index (κ3) is 3.77. The van der Waals surface area contributed by atoms with Crippen LogP contribution in [0.5, 0.6) is 5.75 Å². The number of rotatable bonds is 6. The number of aromatic nitrogens is 2. The lowest BCUT2D eigenvalue weighted by Crippen LogP contribution is -2.17. The van der Waals surface area contributed by atoms with Crippen molar-refractivity contribution in [1.29, 1.82) is 0 Å². The molecule has 0 aliphatic heterocycles. The van der Waals surface area contributed by atoms with E-state index in [4.69, 9.17) is 10.5 Å². The summed E-state index contributed by atoms with van der Waals surface area (Å²) in [6.45, 7) is -2.45. The maximum Gasteiger partial charge on any atom is 0.333 e. The molecule has 9 heteroatoms. The zero-order valence-corrected chi connectivity index (χ0v) is 14.1. The Morgan fingerprint density at radius 3 is 2.68 bits per heavy atom. The van der Waals surface area contributed by atoms with Crippen LogP contribution in [0, 0.1) is 0 Å². The van der Waals surface area contributed by atoms with Crippen molar-refractivity contribution in [2.75, 3.05) is 12.8 Å². The Balaban J connectivity index is 1.83. The molecule has 1 heterocycles. The van der Waals surface area contributed by atoms with Crippen molar-refractivity contribution in [3.05, 3.63) is 48.2 Å².